The maximum atomic E-state index is 9.00. The van der Waals surface area contributed by atoms with Gasteiger partial charge < -0.3 is 4.90 Å². The Morgan fingerprint density at radius 1 is 1.60 bits per heavy atom. The molecule has 1 fully saturated rings. The van der Waals surface area contributed by atoms with E-state index in [2.05, 4.69) is 22.9 Å². The highest BCUT2D eigenvalue weighted by molar-refractivity contribution is 5.53. The number of piperidine rings is 1. The molecule has 2 heterocycles. The monoisotopic (exact) mass is 201 g/mol. The molecule has 3 heteroatoms. The SMILES string of the molecule is CC1CCCN(c2ncccc2C#N)C1. The van der Waals surface area contributed by atoms with E-state index < -0.39 is 0 Å². The molecule has 1 aromatic rings. The van der Waals surface area contributed by atoms with Crippen LogP contribution in [0.2, 0.25) is 0 Å². The minimum atomic E-state index is 0.687. The maximum Gasteiger partial charge on any atom is 0.146 e. The maximum absolute atomic E-state index is 9.00. The molecule has 0 aliphatic carbocycles. The molecule has 2 rings (SSSR count). The summed E-state index contributed by atoms with van der Waals surface area (Å²) in [5, 5.41) is 9.00. The van der Waals surface area contributed by atoms with Gasteiger partial charge in [-0.2, -0.15) is 5.26 Å². The summed E-state index contributed by atoms with van der Waals surface area (Å²) in [4.78, 5) is 6.54. The Labute approximate surface area is 90.4 Å². The lowest BCUT2D eigenvalue weighted by molar-refractivity contribution is 0.444. The summed E-state index contributed by atoms with van der Waals surface area (Å²) >= 11 is 0. The van der Waals surface area contributed by atoms with Crippen LogP contribution in [0.15, 0.2) is 18.3 Å². The van der Waals surface area contributed by atoms with Gasteiger partial charge in [-0.3, -0.25) is 0 Å². The van der Waals surface area contributed by atoms with Gasteiger partial charge in [0.1, 0.15) is 11.9 Å². The highest BCUT2D eigenvalue weighted by Crippen LogP contribution is 2.23. The van der Waals surface area contributed by atoms with Gasteiger partial charge in [0.15, 0.2) is 0 Å². The quantitative estimate of drug-likeness (QED) is 0.699. The lowest BCUT2D eigenvalue weighted by atomic mass is 10.00. The Morgan fingerprint density at radius 3 is 3.20 bits per heavy atom. The molecule has 0 N–H and O–H groups in total. The van der Waals surface area contributed by atoms with Gasteiger partial charge in [-0.25, -0.2) is 4.98 Å². The molecular weight excluding hydrogens is 186 g/mol. The van der Waals surface area contributed by atoms with Crippen molar-refractivity contribution in [1.29, 1.82) is 5.26 Å². The number of hydrogen-bond acceptors (Lipinski definition) is 3. The molecule has 3 nitrogen and oxygen atoms in total. The van der Waals surface area contributed by atoms with Crippen molar-refractivity contribution in [2.75, 3.05) is 18.0 Å². The van der Waals surface area contributed by atoms with E-state index in [1.54, 1.807) is 6.20 Å². The van der Waals surface area contributed by atoms with Gasteiger partial charge in [0.05, 0.1) is 5.56 Å². The summed E-state index contributed by atoms with van der Waals surface area (Å²) in [5.74, 6) is 1.55. The molecule has 1 unspecified atom stereocenters. The Hall–Kier alpha value is -1.56. The molecule has 1 aliphatic rings. The first-order valence-corrected chi connectivity index (χ1v) is 5.41. The average molecular weight is 201 g/mol. The number of anilines is 1. The third-order valence-corrected chi connectivity index (χ3v) is 2.86. The van der Waals surface area contributed by atoms with Crippen molar-refractivity contribution in [3.8, 4) is 6.07 Å². The van der Waals surface area contributed by atoms with E-state index in [1.165, 1.54) is 12.8 Å². The minimum Gasteiger partial charge on any atom is -0.355 e. The summed E-state index contributed by atoms with van der Waals surface area (Å²) in [6.07, 6.45) is 4.24. The summed E-state index contributed by atoms with van der Waals surface area (Å²) in [5.41, 5.74) is 0.687. The zero-order valence-electron chi connectivity index (χ0n) is 8.98. The first-order valence-electron chi connectivity index (χ1n) is 5.41. The van der Waals surface area contributed by atoms with Crippen molar-refractivity contribution in [3.63, 3.8) is 0 Å². The van der Waals surface area contributed by atoms with E-state index in [9.17, 15) is 0 Å². The fourth-order valence-corrected chi connectivity index (χ4v) is 2.12. The van der Waals surface area contributed by atoms with Gasteiger partial charge in [-0.05, 0) is 30.9 Å². The van der Waals surface area contributed by atoms with E-state index >= 15 is 0 Å². The molecule has 0 saturated carbocycles. The third-order valence-electron chi connectivity index (χ3n) is 2.86. The molecule has 1 atom stereocenters. The van der Waals surface area contributed by atoms with Crippen molar-refractivity contribution in [1.82, 2.24) is 4.98 Å². The fraction of sp³-hybridized carbons (Fsp3) is 0.500. The summed E-state index contributed by atoms with van der Waals surface area (Å²) < 4.78 is 0. The Balaban J connectivity index is 2.25. The number of nitriles is 1. The van der Waals surface area contributed by atoms with Crippen LogP contribution in [-0.4, -0.2) is 18.1 Å². The molecule has 1 saturated heterocycles. The van der Waals surface area contributed by atoms with Crippen LogP contribution in [0, 0.1) is 17.2 Å². The van der Waals surface area contributed by atoms with E-state index in [-0.39, 0.29) is 0 Å². The molecule has 0 aromatic carbocycles. The molecule has 1 aromatic heterocycles. The largest absolute Gasteiger partial charge is 0.355 e. The molecule has 0 amide bonds. The highest BCUT2D eigenvalue weighted by Gasteiger charge is 2.19. The number of hydrogen-bond donors (Lipinski definition) is 0. The second-order valence-corrected chi connectivity index (χ2v) is 4.18. The molecule has 15 heavy (non-hydrogen) atoms. The molecule has 1 aliphatic heterocycles. The second kappa shape index (κ2) is 4.31. The van der Waals surface area contributed by atoms with Crippen molar-refractivity contribution in [3.05, 3.63) is 23.9 Å². The Bertz CT molecular complexity index is 381. The van der Waals surface area contributed by atoms with Gasteiger partial charge in [0.25, 0.3) is 0 Å². The fourth-order valence-electron chi connectivity index (χ4n) is 2.12. The van der Waals surface area contributed by atoms with Crippen LogP contribution in [0.1, 0.15) is 25.3 Å². The van der Waals surface area contributed by atoms with E-state index in [1.807, 2.05) is 12.1 Å². The van der Waals surface area contributed by atoms with Crippen molar-refractivity contribution in [2.45, 2.75) is 19.8 Å². The van der Waals surface area contributed by atoms with E-state index in [4.69, 9.17) is 5.26 Å². The molecule has 0 radical (unpaired) electrons. The van der Waals surface area contributed by atoms with Crippen LogP contribution in [0.3, 0.4) is 0 Å². The van der Waals surface area contributed by atoms with Crippen LogP contribution in [0.5, 0.6) is 0 Å². The van der Waals surface area contributed by atoms with Crippen LogP contribution < -0.4 is 4.90 Å². The number of nitrogens with zero attached hydrogens (tertiary/aromatic N) is 3. The van der Waals surface area contributed by atoms with Crippen molar-refractivity contribution in [2.24, 2.45) is 5.92 Å². The Kier molecular flexibility index (Phi) is 2.86. The zero-order chi connectivity index (χ0) is 10.7. The van der Waals surface area contributed by atoms with Gasteiger partial charge >= 0.3 is 0 Å². The first-order chi connectivity index (χ1) is 7.31. The Morgan fingerprint density at radius 2 is 2.47 bits per heavy atom. The number of rotatable bonds is 1. The van der Waals surface area contributed by atoms with Gasteiger partial charge in [-0.1, -0.05) is 6.92 Å². The van der Waals surface area contributed by atoms with Gasteiger partial charge in [0, 0.05) is 19.3 Å². The molecular formula is C12H15N3. The first kappa shape index (κ1) is 9.97. The average Bonchev–Trinajstić information content (AvgIpc) is 2.29. The van der Waals surface area contributed by atoms with Crippen LogP contribution in [0.4, 0.5) is 5.82 Å². The van der Waals surface area contributed by atoms with Crippen LogP contribution in [-0.2, 0) is 0 Å². The highest BCUT2D eigenvalue weighted by atomic mass is 15.2. The minimum absolute atomic E-state index is 0.687. The lowest BCUT2D eigenvalue weighted by Crippen LogP contribution is -2.35. The third kappa shape index (κ3) is 2.10. The molecule has 0 spiro atoms. The van der Waals surface area contributed by atoms with E-state index in [0.29, 0.717) is 11.5 Å². The van der Waals surface area contributed by atoms with Crippen molar-refractivity contribution >= 4 is 5.82 Å². The summed E-state index contributed by atoms with van der Waals surface area (Å²) in [6, 6.07) is 5.85. The standard InChI is InChI=1S/C12H15N3/c1-10-4-3-7-15(9-10)12-11(8-13)5-2-6-14-12/h2,5-6,10H,3-4,7,9H2,1H3. The lowest BCUT2D eigenvalue weighted by Gasteiger charge is -2.32. The van der Waals surface area contributed by atoms with Gasteiger partial charge in [-0.15, -0.1) is 0 Å². The van der Waals surface area contributed by atoms with Crippen LogP contribution >= 0.6 is 0 Å². The summed E-state index contributed by atoms with van der Waals surface area (Å²) in [7, 11) is 0. The van der Waals surface area contributed by atoms with Crippen molar-refractivity contribution < 1.29 is 0 Å². The summed E-state index contributed by atoms with van der Waals surface area (Å²) in [6.45, 7) is 4.29. The smallest absolute Gasteiger partial charge is 0.146 e. The van der Waals surface area contributed by atoms with Gasteiger partial charge in [0.2, 0.25) is 0 Å². The molecule has 78 valence electrons. The number of pyridine rings is 1. The zero-order valence-corrected chi connectivity index (χ0v) is 8.98. The second-order valence-electron chi connectivity index (χ2n) is 4.18. The number of aromatic nitrogens is 1. The predicted octanol–water partition coefficient (Wildman–Crippen LogP) is 2.19. The predicted molar refractivity (Wildman–Crippen MR) is 59.6 cm³/mol. The van der Waals surface area contributed by atoms with Crippen LogP contribution in [0.25, 0.3) is 0 Å². The normalized spacial score (nSPS) is 21.1. The topological polar surface area (TPSA) is 39.9 Å². The molecule has 0 bridgehead atoms. The van der Waals surface area contributed by atoms with E-state index in [0.717, 1.165) is 18.9 Å².